The Morgan fingerprint density at radius 1 is 1.43 bits per heavy atom. The van der Waals surface area contributed by atoms with Crippen LogP contribution in [0.3, 0.4) is 0 Å². The maximum atomic E-state index is 13.0. The molecule has 0 saturated carbocycles. The topological polar surface area (TPSA) is 110 Å². The standard InChI is InChI=1S/C24H34N5O4PS.CH4O/c1-7-25-14-31-34(29(15(2)3)16(4)5)33-19-12-22(32-17(19)6)28-13-21-23(27-24(28)30)26-18-10-8-9-11-20(18)35-21;1-2/h8-11,13-17,19,22H,7,12H2,1-6H3,(H,26,27,30);2H,1H3/t17-,19-,22-,34?;/m1./s1/i6D;2T. The van der Waals surface area contributed by atoms with Crippen LogP contribution in [0.25, 0.3) is 0 Å². The van der Waals surface area contributed by atoms with E-state index in [1.165, 1.54) is 18.1 Å². The van der Waals surface area contributed by atoms with Crippen LogP contribution in [0.15, 0.2) is 50.0 Å². The minimum absolute atomic E-state index is 0.00749. The van der Waals surface area contributed by atoms with Crippen LogP contribution in [-0.4, -0.2) is 65.1 Å². The summed E-state index contributed by atoms with van der Waals surface area (Å²) in [5, 5.41) is 6.74. The maximum Gasteiger partial charge on any atom is 0.351 e. The molecule has 204 valence electrons. The van der Waals surface area contributed by atoms with Crippen molar-refractivity contribution < 1.29 is 20.3 Å². The number of hydrogen-bond donors (Lipinski definition) is 2. The predicted octanol–water partition coefficient (Wildman–Crippen LogP) is 5.16. The number of anilines is 2. The van der Waals surface area contributed by atoms with Gasteiger partial charge in [-0.05, 0) is 53.7 Å². The molecule has 2 aliphatic rings. The zero-order valence-electron chi connectivity index (χ0n) is 24.2. The van der Waals surface area contributed by atoms with Gasteiger partial charge in [-0.3, -0.25) is 9.56 Å². The Labute approximate surface area is 227 Å². The van der Waals surface area contributed by atoms with E-state index in [0.29, 0.717) is 18.8 Å². The van der Waals surface area contributed by atoms with Crippen LogP contribution in [0.1, 0.15) is 55.5 Å². The van der Waals surface area contributed by atoms with E-state index >= 15 is 0 Å². The van der Waals surface area contributed by atoms with E-state index in [1.54, 1.807) is 18.0 Å². The van der Waals surface area contributed by atoms with Gasteiger partial charge in [0.05, 0.1) is 22.8 Å². The summed E-state index contributed by atoms with van der Waals surface area (Å²) in [7, 11) is -0.195. The summed E-state index contributed by atoms with van der Waals surface area (Å²) in [5.74, 6) is 0.541. The van der Waals surface area contributed by atoms with Crippen molar-refractivity contribution in [3.8, 4) is 0 Å². The van der Waals surface area contributed by atoms with Gasteiger partial charge < -0.3 is 24.2 Å². The van der Waals surface area contributed by atoms with Crippen LogP contribution in [-0.2, 0) is 13.8 Å². The third-order valence-electron chi connectivity index (χ3n) is 5.64. The zero-order valence-corrected chi connectivity index (χ0v) is 23.9. The van der Waals surface area contributed by atoms with Crippen LogP contribution in [0.5, 0.6) is 0 Å². The van der Waals surface area contributed by atoms with Crippen molar-refractivity contribution in [1.29, 1.82) is 1.43 Å². The number of nitrogens with zero attached hydrogens (tertiary/aromatic N) is 4. The summed E-state index contributed by atoms with van der Waals surface area (Å²) in [6.07, 6.45) is 2.16. The Kier molecular flexibility index (Phi) is 9.84. The molecular weight excluding hydrogens is 513 g/mol. The van der Waals surface area contributed by atoms with Crippen LogP contribution in [0.2, 0.25) is 0 Å². The van der Waals surface area contributed by atoms with Crippen molar-refractivity contribution in [2.45, 2.75) is 88.2 Å². The molecule has 1 fully saturated rings. The molecule has 3 heterocycles. The molecule has 1 aromatic carbocycles. The zero-order chi connectivity index (χ0) is 28.5. The fraction of sp³-hybridized carbons (Fsp3) is 0.560. The second kappa shape index (κ2) is 13.7. The van der Waals surface area contributed by atoms with Crippen LogP contribution >= 0.6 is 20.3 Å². The molecule has 2 N–H and O–H groups in total. The number of aliphatic hydroxyl groups excluding tert-OH is 1. The fourth-order valence-electron chi connectivity index (χ4n) is 4.08. The normalized spacial score (nSPS) is 22.1. The van der Waals surface area contributed by atoms with E-state index in [2.05, 4.69) is 52.8 Å². The number of rotatable bonds is 9. The second-order valence-electron chi connectivity index (χ2n) is 8.89. The van der Waals surface area contributed by atoms with Crippen molar-refractivity contribution in [3.63, 3.8) is 0 Å². The monoisotopic (exact) mass is 554 g/mol. The highest BCUT2D eigenvalue weighted by Crippen LogP contribution is 2.49. The average Bonchev–Trinajstić information content (AvgIpc) is 3.29. The Bertz CT molecular complexity index is 1150. The molecule has 2 aromatic rings. The molecule has 0 bridgehead atoms. The number of para-hydroxylation sites is 1. The van der Waals surface area contributed by atoms with Gasteiger partial charge in [-0.25, -0.2) is 9.46 Å². The van der Waals surface area contributed by atoms with E-state index < -0.39 is 32.7 Å². The first-order valence-corrected chi connectivity index (χ1v) is 14.2. The first-order valence-electron chi connectivity index (χ1n) is 13.4. The Morgan fingerprint density at radius 3 is 2.84 bits per heavy atom. The number of ether oxygens (including phenoxy) is 1. The van der Waals surface area contributed by atoms with E-state index in [9.17, 15) is 4.79 Å². The summed E-state index contributed by atoms with van der Waals surface area (Å²) in [4.78, 5) is 23.3. The lowest BCUT2D eigenvalue weighted by atomic mass is 10.2. The lowest BCUT2D eigenvalue weighted by molar-refractivity contribution is -0.00797. The number of aromatic nitrogens is 2. The van der Waals surface area contributed by atoms with Crippen LogP contribution in [0.4, 0.5) is 11.5 Å². The predicted molar refractivity (Wildman–Crippen MR) is 149 cm³/mol. The minimum Gasteiger partial charge on any atom is -0.425 e. The van der Waals surface area contributed by atoms with Crippen molar-refractivity contribution in [2.24, 2.45) is 4.99 Å². The number of aliphatic imine (C=N–C) groups is 1. The first-order chi connectivity index (χ1) is 18.7. The number of nitrogens with one attached hydrogen (secondary N) is 1. The van der Waals surface area contributed by atoms with Gasteiger partial charge >= 0.3 is 14.2 Å². The van der Waals surface area contributed by atoms with E-state index in [0.717, 1.165) is 15.5 Å². The molecule has 37 heavy (non-hydrogen) atoms. The molecular formula is C25H38N5O5PS. The molecule has 0 spiro atoms. The molecule has 0 radical (unpaired) electrons. The summed E-state index contributed by atoms with van der Waals surface area (Å²) < 4.78 is 36.0. The molecule has 1 aromatic heterocycles. The minimum atomic E-state index is -1.49. The summed E-state index contributed by atoms with van der Waals surface area (Å²) >= 11 is 1.56. The number of fused-ring (bicyclic) bond motifs is 2. The molecule has 0 amide bonds. The van der Waals surface area contributed by atoms with Crippen LogP contribution in [0, 0.1) is 0 Å². The van der Waals surface area contributed by atoms with Gasteiger partial charge in [0.1, 0.15) is 6.23 Å². The summed E-state index contributed by atoms with van der Waals surface area (Å²) in [6.45, 7) is 10.9. The van der Waals surface area contributed by atoms with Crippen LogP contribution < -0.4 is 11.0 Å². The lowest BCUT2D eigenvalue weighted by Crippen LogP contribution is -2.35. The van der Waals surface area contributed by atoms with E-state index in [1.807, 2.05) is 31.2 Å². The quantitative estimate of drug-likeness (QED) is 0.210. The molecule has 0 aliphatic carbocycles. The lowest BCUT2D eigenvalue weighted by Gasteiger charge is -2.36. The van der Waals surface area contributed by atoms with Crippen molar-refractivity contribution in [1.82, 2.24) is 14.2 Å². The van der Waals surface area contributed by atoms with Gasteiger partial charge in [0, 0.05) is 44.6 Å². The van der Waals surface area contributed by atoms with Gasteiger partial charge in [0.2, 0.25) is 1.43 Å². The molecule has 10 nitrogen and oxygen atoms in total. The van der Waals surface area contributed by atoms with Crippen molar-refractivity contribution in [3.05, 3.63) is 40.9 Å². The molecule has 2 aliphatic heterocycles. The Balaban J connectivity index is 0.00000134. The van der Waals surface area contributed by atoms with Gasteiger partial charge in [0.15, 0.2) is 12.2 Å². The largest absolute Gasteiger partial charge is 0.425 e. The second-order valence-corrected chi connectivity index (χ2v) is 11.3. The van der Waals surface area contributed by atoms with E-state index in [4.69, 9.17) is 16.6 Å². The highest BCUT2D eigenvalue weighted by molar-refractivity contribution is 7.99. The van der Waals surface area contributed by atoms with Gasteiger partial charge in [-0.2, -0.15) is 4.98 Å². The molecule has 1 unspecified atom stereocenters. The smallest absolute Gasteiger partial charge is 0.351 e. The summed E-state index contributed by atoms with van der Waals surface area (Å²) in [6, 6.07) is 8.26. The Hall–Kier alpha value is -2.01. The van der Waals surface area contributed by atoms with Gasteiger partial charge in [-0.1, -0.05) is 23.9 Å². The molecule has 4 rings (SSSR count). The van der Waals surface area contributed by atoms with Crippen molar-refractivity contribution in [2.75, 3.05) is 19.0 Å². The van der Waals surface area contributed by atoms with Crippen molar-refractivity contribution >= 4 is 38.2 Å². The number of hydrogen-bond acceptors (Lipinski definition) is 10. The molecule has 1 saturated heterocycles. The van der Waals surface area contributed by atoms with Gasteiger partial charge in [0.25, 0.3) is 0 Å². The SMILES string of the molecule is [2H]C[C@H]1O[C@@H](n2cc3c(nc2=O)Nc2ccccc2S3)C[C@H]1OP(OC=NCC)N(C(C)C)C(C)C.[3H]OC. The fourth-order valence-corrected chi connectivity index (χ4v) is 6.68. The average molecular weight is 555 g/mol. The molecule has 12 heteroatoms. The number of benzene rings is 1. The van der Waals surface area contributed by atoms with E-state index in [-0.39, 0.29) is 19.0 Å². The van der Waals surface area contributed by atoms with Gasteiger partial charge in [-0.15, -0.1) is 0 Å². The first kappa shape index (κ1) is 26.6. The highest BCUT2D eigenvalue weighted by atomic mass is 32.2. The third-order valence-corrected chi connectivity index (χ3v) is 8.76. The molecule has 4 atom stereocenters. The highest BCUT2D eigenvalue weighted by Gasteiger charge is 2.40. The third kappa shape index (κ3) is 7.10. The Morgan fingerprint density at radius 2 is 2.16 bits per heavy atom. The summed E-state index contributed by atoms with van der Waals surface area (Å²) in [5.41, 5.74) is 0.523. The maximum absolute atomic E-state index is 13.0. The number of aliphatic hydroxyl groups is 1.